The molecule has 0 heterocycles. The topological polar surface area (TPSA) is 500 Å². The number of aldehydes is 7. The Morgan fingerprint density at radius 3 is 0.680 bits per heavy atom. The molecule has 0 aliphatic rings. The minimum Gasteiger partial charge on any atom is -0.355 e. The first-order valence-corrected chi connectivity index (χ1v) is 41.1. The van der Waals surface area contributed by atoms with E-state index in [1.807, 2.05) is 0 Å². The second-order valence-corrected chi connectivity index (χ2v) is 33.8. The summed E-state index contributed by atoms with van der Waals surface area (Å²) < 4.78 is 101. The summed E-state index contributed by atoms with van der Waals surface area (Å²) in [6, 6.07) is -7.66. The third-order valence-electron chi connectivity index (χ3n) is 17.6. The Kier molecular flexibility index (Phi) is 52.5. The van der Waals surface area contributed by atoms with E-state index in [0.717, 1.165) is 14.7 Å². The predicted molar refractivity (Wildman–Crippen MR) is 442 cm³/mol. The highest BCUT2D eigenvalue weighted by Crippen LogP contribution is 2.23. The first-order chi connectivity index (χ1) is 60.0. The van der Waals surface area contributed by atoms with Crippen LogP contribution >= 0.6 is 0 Å². The molecule has 694 valence electrons. The van der Waals surface area contributed by atoms with E-state index >= 15 is 0 Å². The summed E-state index contributed by atoms with van der Waals surface area (Å²) in [6.07, 6.45) is -8.45. The number of rotatable bonds is 74. The van der Waals surface area contributed by atoms with Crippen LogP contribution in [0.25, 0.3) is 0 Å². The average Bonchev–Trinajstić information content (AvgIpc) is 0.913. The Balaban J connectivity index is 8.41. The number of nitrogens with one attached hydrogen (secondary N) is 6. The van der Waals surface area contributed by atoms with Crippen LogP contribution in [0.15, 0.2) is 0 Å². The maximum atomic E-state index is 14.2. The molecule has 122 heavy (non-hydrogen) atoms. The standard InChI is InChI=1S/C84H140N10O28/c1-55(2)18-64(36-95)26-71(103)28-91(30-74(105)85-66(38-97)20-57(5)6)80(111)43-115-51-119-47-84(48-120-52-116-44-81(112)92(29-72(104)27-65(37-96)19-56(3)4)31-75(106)86-67(39-98)21-58(7)8,49-121-53-117-45-82(113)93(32-76(107)87-68(40-99)22-59(9)10)33-77(108)88-69(41-100)23-60(11)12)50-122-54-118-46-83(114)94(34-78(109)89-70(42-101)24-61(13)14)35-79(110)90-73(63(17)102)25-62(15)16/h36-42,55-62,64-70,73H,18-35,43-54H2,1-17H3,(H,85,105)(H,86,106)(H,87,107)(H,88,108)(H,89,109)(H,90,110)/i36D,37D,38D,39D,40D,41D,42D. The maximum absolute atomic E-state index is 14.2. The highest BCUT2D eigenvalue weighted by Gasteiger charge is 2.36. The number of carbonyl (C=O) groups is 20. The summed E-state index contributed by atoms with van der Waals surface area (Å²) >= 11 is 0. The van der Waals surface area contributed by atoms with Crippen LogP contribution in [0, 0.1) is 64.6 Å². The van der Waals surface area contributed by atoms with Gasteiger partial charge in [-0.1, -0.05) is 111 Å². The van der Waals surface area contributed by atoms with Gasteiger partial charge in [0, 0.05) is 24.7 Å². The molecule has 0 spiro atoms. The molecule has 0 saturated carbocycles. The molecule has 0 aromatic rings. The SMILES string of the molecule is [2H]C(=O)C(CC(=O)CN(CC(=O)NC(CC(C)C)C([2H])=O)C(=O)COCOCC(COCOCC(=O)N(CC(=O)CC(CC(C)C)C([2H])=O)CC(=O)NC(CC(C)C)C([2H])=O)(COCOCC(=O)N(CC(=O)NC(CC(C)C)C([2H])=O)CC(=O)NC(CC(C)C)C([2H])=O)COCOCC(=O)N(CC(=O)NC(CC(C)C)C([2H])=O)CC(=O)NC(CC(C)C)C(C)=O)CC(C)C. The molecule has 0 rings (SSSR count). The molecule has 0 radical (unpaired) electrons. The molecule has 38 nitrogen and oxygen atoms in total. The zero-order chi connectivity index (χ0) is 98.7. The summed E-state index contributed by atoms with van der Waals surface area (Å²) in [7, 11) is 0. The van der Waals surface area contributed by atoms with Crippen molar-refractivity contribution in [2.24, 2.45) is 64.6 Å². The molecule has 0 aliphatic heterocycles. The van der Waals surface area contributed by atoms with Gasteiger partial charge in [0.2, 0.25) is 59.1 Å². The molecule has 0 aromatic carbocycles. The Labute approximate surface area is 727 Å². The molecule has 8 unspecified atom stereocenters. The fraction of sp³-hybridized carbons (Fsp3) is 0.762. The Morgan fingerprint density at radius 1 is 0.287 bits per heavy atom. The van der Waals surface area contributed by atoms with E-state index in [9.17, 15) is 95.9 Å². The van der Waals surface area contributed by atoms with Crippen LogP contribution in [0.5, 0.6) is 0 Å². The Bertz CT molecular complexity index is 3050. The quantitative estimate of drug-likeness (QED) is 0.0286. The summed E-state index contributed by atoms with van der Waals surface area (Å²) in [5.41, 5.74) is -1.86. The van der Waals surface area contributed by atoms with Gasteiger partial charge >= 0.3 is 0 Å². The molecule has 0 aliphatic carbocycles. The fourth-order valence-corrected chi connectivity index (χ4v) is 12.2. The molecule has 0 aromatic heterocycles. The summed E-state index contributed by atoms with van der Waals surface area (Å²) in [4.78, 5) is 267. The minimum atomic E-state index is -1.86. The smallest absolute Gasteiger partial charge is 0.249 e. The largest absolute Gasteiger partial charge is 0.355 e. The van der Waals surface area contributed by atoms with Crippen molar-refractivity contribution in [2.45, 2.75) is 218 Å². The van der Waals surface area contributed by atoms with Crippen LogP contribution in [0.4, 0.5) is 0 Å². The third-order valence-corrected chi connectivity index (χ3v) is 17.6. The normalized spacial score (nSPS) is 14.7. The first-order valence-electron chi connectivity index (χ1n) is 44.6. The molecule has 6 N–H and O–H groups in total. The molecule has 8 atom stereocenters. The van der Waals surface area contributed by atoms with E-state index in [0.29, 0.717) is 4.90 Å². The zero-order valence-corrected chi connectivity index (χ0v) is 74.2. The second-order valence-electron chi connectivity index (χ2n) is 33.8. The van der Waals surface area contributed by atoms with E-state index < -0.39 is 319 Å². The zero-order valence-electron chi connectivity index (χ0n) is 81.2. The number of amides is 10. The number of Topliss-reactive ketones (excluding diaryl/α,β-unsaturated/α-hetero) is 3. The van der Waals surface area contributed by atoms with E-state index in [1.54, 1.807) is 111 Å². The summed E-state index contributed by atoms with van der Waals surface area (Å²) in [6.45, 7) is 11.6. The van der Waals surface area contributed by atoms with Gasteiger partial charge in [0.15, 0.2) is 17.3 Å². The fourth-order valence-electron chi connectivity index (χ4n) is 12.2. The van der Waals surface area contributed by atoms with Crippen LogP contribution in [0.1, 0.15) is 192 Å². The van der Waals surface area contributed by atoms with E-state index in [2.05, 4.69) is 31.9 Å². The van der Waals surface area contributed by atoms with Crippen molar-refractivity contribution in [3.05, 3.63) is 0 Å². The van der Waals surface area contributed by atoms with Gasteiger partial charge in [0.1, 0.15) is 146 Å². The number of nitrogens with zero attached hydrogens (tertiary/aromatic N) is 4. The molecular weight excluding hydrogens is 1600 g/mol. The highest BCUT2D eigenvalue weighted by atomic mass is 16.7. The third kappa shape index (κ3) is 54.6. The van der Waals surface area contributed by atoms with Crippen LogP contribution in [0.2, 0.25) is 0 Å². The van der Waals surface area contributed by atoms with Crippen molar-refractivity contribution in [3.8, 4) is 0 Å². The molecule has 38 heteroatoms. The molecule has 0 saturated heterocycles. The van der Waals surface area contributed by atoms with Crippen LogP contribution in [-0.2, 0) is 134 Å². The lowest BCUT2D eigenvalue weighted by atomic mass is 9.92. The molecule has 0 fully saturated rings. The molecule has 0 bridgehead atoms. The second kappa shape index (κ2) is 63.9. The lowest BCUT2D eigenvalue weighted by molar-refractivity contribution is -0.188. The maximum Gasteiger partial charge on any atom is 0.249 e. The van der Waals surface area contributed by atoms with Crippen molar-refractivity contribution in [2.75, 3.05) is 132 Å². The monoisotopic (exact) mass is 1740 g/mol. The Hall–Kier alpha value is -8.92. The van der Waals surface area contributed by atoms with Gasteiger partial charge in [-0.2, -0.15) is 0 Å². The van der Waals surface area contributed by atoms with Gasteiger partial charge in [-0.05, 0) is 106 Å². The van der Waals surface area contributed by atoms with Gasteiger partial charge in [-0.15, -0.1) is 0 Å². The number of ketones is 3. The van der Waals surface area contributed by atoms with E-state index in [4.69, 9.17) is 47.5 Å². The van der Waals surface area contributed by atoms with Gasteiger partial charge in [-0.3, -0.25) is 62.3 Å². The van der Waals surface area contributed by atoms with Crippen LogP contribution < -0.4 is 31.9 Å². The predicted octanol–water partition coefficient (Wildman–Crippen LogP) is 1.66. The van der Waals surface area contributed by atoms with Crippen LogP contribution in [-0.4, -0.2) is 308 Å². The lowest BCUT2D eigenvalue weighted by Gasteiger charge is -2.33. The lowest BCUT2D eigenvalue weighted by Crippen LogP contribution is -2.51. The van der Waals surface area contributed by atoms with Gasteiger partial charge in [0.25, 0.3) is 0 Å². The van der Waals surface area contributed by atoms with Crippen molar-refractivity contribution in [1.29, 1.82) is 0 Å². The van der Waals surface area contributed by atoms with Crippen molar-refractivity contribution < 1.29 is 143 Å². The number of ether oxygens (including phenoxy) is 8. The number of hydrogen-bond acceptors (Lipinski definition) is 28. The van der Waals surface area contributed by atoms with Crippen molar-refractivity contribution in [1.82, 2.24) is 51.5 Å². The molecular formula is C84H140N10O28. The van der Waals surface area contributed by atoms with Gasteiger partial charge < -0.3 is 123 Å². The first kappa shape index (κ1) is 100. The van der Waals surface area contributed by atoms with E-state index in [1.165, 1.54) is 6.92 Å². The molecule has 10 amide bonds. The van der Waals surface area contributed by atoms with Crippen molar-refractivity contribution >= 4 is 120 Å². The van der Waals surface area contributed by atoms with E-state index in [-0.39, 0.29) is 98.7 Å². The summed E-state index contributed by atoms with van der Waals surface area (Å²) in [5, 5.41) is 14.5. The Morgan fingerprint density at radius 2 is 0.492 bits per heavy atom. The van der Waals surface area contributed by atoms with Gasteiger partial charge in [-0.25, -0.2) is 0 Å². The minimum absolute atomic E-state index is 0.00900. The number of hydrogen-bond donors (Lipinski definition) is 6. The van der Waals surface area contributed by atoms with Crippen molar-refractivity contribution in [3.63, 3.8) is 0 Å². The summed E-state index contributed by atoms with van der Waals surface area (Å²) in [5.74, 6) is -15.6. The number of carbonyl (C=O) groups excluding carboxylic acids is 20. The van der Waals surface area contributed by atoms with Crippen LogP contribution in [0.3, 0.4) is 0 Å². The average molecular weight is 1750 g/mol. The van der Waals surface area contributed by atoms with Gasteiger partial charge in [0.05, 0.1) is 81.2 Å². The highest BCUT2D eigenvalue weighted by molar-refractivity contribution is 5.95.